The largest absolute Gasteiger partial charge is 0.312 e. The molecule has 0 aromatic heterocycles. The standard InChI is InChI=1S/C9H19N2/c1-8(2)6-11-5-4-10-9(3)7-11/h9-10H,4-7H2,1-3H3/t9-/m1/s1. The third kappa shape index (κ3) is 3.21. The van der Waals surface area contributed by atoms with Gasteiger partial charge in [-0.25, -0.2) is 0 Å². The molecule has 1 aliphatic rings. The van der Waals surface area contributed by atoms with Gasteiger partial charge in [-0.05, 0) is 12.8 Å². The van der Waals surface area contributed by atoms with E-state index in [9.17, 15) is 0 Å². The van der Waals surface area contributed by atoms with Crippen LogP contribution in [0.1, 0.15) is 20.8 Å². The van der Waals surface area contributed by atoms with Gasteiger partial charge < -0.3 is 5.32 Å². The van der Waals surface area contributed by atoms with Crippen LogP contribution in [0.25, 0.3) is 0 Å². The molecule has 2 nitrogen and oxygen atoms in total. The summed E-state index contributed by atoms with van der Waals surface area (Å²) in [5.74, 6) is 1.51. The molecule has 1 N–H and O–H groups in total. The first-order chi connectivity index (χ1) is 5.18. The number of piperazine rings is 1. The van der Waals surface area contributed by atoms with Gasteiger partial charge in [-0.3, -0.25) is 4.90 Å². The Morgan fingerprint density at radius 2 is 2.27 bits per heavy atom. The Morgan fingerprint density at radius 1 is 1.55 bits per heavy atom. The molecule has 0 bridgehead atoms. The van der Waals surface area contributed by atoms with Crippen LogP contribution in [0.5, 0.6) is 0 Å². The van der Waals surface area contributed by atoms with Gasteiger partial charge in [-0.1, -0.05) is 13.8 Å². The molecule has 0 aliphatic carbocycles. The zero-order chi connectivity index (χ0) is 8.27. The Morgan fingerprint density at radius 3 is 2.82 bits per heavy atom. The first-order valence-corrected chi connectivity index (χ1v) is 4.43. The van der Waals surface area contributed by atoms with Gasteiger partial charge in [-0.2, -0.15) is 0 Å². The second kappa shape index (κ2) is 4.07. The van der Waals surface area contributed by atoms with Crippen molar-refractivity contribution in [1.29, 1.82) is 0 Å². The van der Waals surface area contributed by atoms with Crippen molar-refractivity contribution in [1.82, 2.24) is 10.2 Å². The number of rotatable bonds is 2. The van der Waals surface area contributed by atoms with Gasteiger partial charge in [0.2, 0.25) is 0 Å². The summed E-state index contributed by atoms with van der Waals surface area (Å²) in [5.41, 5.74) is 0. The van der Waals surface area contributed by atoms with E-state index in [1.807, 2.05) is 0 Å². The molecule has 1 aliphatic heterocycles. The Bertz CT molecular complexity index is 110. The fraction of sp³-hybridized carbons (Fsp3) is 0.889. The minimum absolute atomic E-state index is 0.670. The average molecular weight is 155 g/mol. The zero-order valence-corrected chi connectivity index (χ0v) is 7.85. The molecule has 65 valence electrons. The molecule has 0 amide bonds. The molecular formula is C9H19N2. The van der Waals surface area contributed by atoms with Crippen LogP contribution in [0.2, 0.25) is 0 Å². The second-order valence-corrected chi connectivity index (χ2v) is 3.80. The van der Waals surface area contributed by atoms with Gasteiger partial charge in [0.05, 0.1) is 0 Å². The predicted octanol–water partition coefficient (Wildman–Crippen LogP) is 0.894. The van der Waals surface area contributed by atoms with Crippen LogP contribution in [0.3, 0.4) is 0 Å². The summed E-state index contributed by atoms with van der Waals surface area (Å²) in [7, 11) is 0. The number of nitrogens with zero attached hydrogens (tertiary/aromatic N) is 1. The summed E-state index contributed by atoms with van der Waals surface area (Å²) in [4.78, 5) is 2.51. The van der Waals surface area contributed by atoms with Gasteiger partial charge in [0.15, 0.2) is 0 Å². The molecule has 2 heteroatoms. The maximum absolute atomic E-state index is 3.43. The molecule has 1 radical (unpaired) electrons. The summed E-state index contributed by atoms with van der Waals surface area (Å²) in [6.45, 7) is 11.4. The highest BCUT2D eigenvalue weighted by Gasteiger charge is 2.15. The van der Waals surface area contributed by atoms with E-state index < -0.39 is 0 Å². The van der Waals surface area contributed by atoms with Gasteiger partial charge in [-0.15, -0.1) is 0 Å². The van der Waals surface area contributed by atoms with E-state index in [0.29, 0.717) is 6.04 Å². The minimum atomic E-state index is 0.670. The van der Waals surface area contributed by atoms with Gasteiger partial charge in [0.1, 0.15) is 0 Å². The molecule has 1 rings (SSSR count). The van der Waals surface area contributed by atoms with Crippen molar-refractivity contribution in [3.8, 4) is 0 Å². The van der Waals surface area contributed by atoms with Gasteiger partial charge >= 0.3 is 0 Å². The molecule has 0 saturated carbocycles. The number of hydrogen-bond donors (Lipinski definition) is 1. The minimum Gasteiger partial charge on any atom is -0.312 e. The molecule has 0 unspecified atom stereocenters. The molecular weight excluding hydrogens is 136 g/mol. The monoisotopic (exact) mass is 155 g/mol. The maximum atomic E-state index is 3.43. The molecule has 11 heavy (non-hydrogen) atoms. The van der Waals surface area contributed by atoms with E-state index in [1.165, 1.54) is 25.6 Å². The lowest BCUT2D eigenvalue weighted by Crippen LogP contribution is -2.49. The fourth-order valence-corrected chi connectivity index (χ4v) is 1.60. The topological polar surface area (TPSA) is 15.3 Å². The van der Waals surface area contributed by atoms with Crippen molar-refractivity contribution in [2.75, 3.05) is 26.2 Å². The van der Waals surface area contributed by atoms with Crippen LogP contribution in [-0.2, 0) is 0 Å². The Balaban J connectivity index is 2.23. The fourth-order valence-electron chi connectivity index (χ4n) is 1.60. The summed E-state index contributed by atoms with van der Waals surface area (Å²) >= 11 is 0. The van der Waals surface area contributed by atoms with E-state index in [2.05, 4.69) is 31.0 Å². The molecule has 1 saturated heterocycles. The highest BCUT2D eigenvalue weighted by Crippen LogP contribution is 2.03. The summed E-state index contributed by atoms with van der Waals surface area (Å²) in [6, 6.07) is 0.670. The lowest BCUT2D eigenvalue weighted by atomic mass is 10.1. The van der Waals surface area contributed by atoms with Crippen LogP contribution in [0, 0.1) is 5.92 Å². The summed E-state index contributed by atoms with van der Waals surface area (Å²) < 4.78 is 0. The molecule has 0 aromatic carbocycles. The average Bonchev–Trinajstić information content (AvgIpc) is 1.85. The smallest absolute Gasteiger partial charge is 0.0167 e. The van der Waals surface area contributed by atoms with Crippen molar-refractivity contribution in [2.45, 2.75) is 26.8 Å². The molecule has 1 heterocycles. The normalized spacial score (nSPS) is 27.8. The summed E-state index contributed by atoms with van der Waals surface area (Å²) in [5, 5.41) is 3.43. The Labute approximate surface area is 70.0 Å². The number of nitrogens with one attached hydrogen (secondary N) is 1. The van der Waals surface area contributed by atoms with Crippen molar-refractivity contribution in [2.24, 2.45) is 0 Å². The summed E-state index contributed by atoms with van der Waals surface area (Å²) in [6.07, 6.45) is 0. The van der Waals surface area contributed by atoms with E-state index in [0.717, 1.165) is 6.54 Å². The van der Waals surface area contributed by atoms with Crippen molar-refractivity contribution in [3.05, 3.63) is 5.92 Å². The third-order valence-electron chi connectivity index (χ3n) is 1.99. The van der Waals surface area contributed by atoms with E-state index in [-0.39, 0.29) is 0 Å². The van der Waals surface area contributed by atoms with Crippen LogP contribution < -0.4 is 5.32 Å². The number of hydrogen-bond acceptors (Lipinski definition) is 2. The maximum Gasteiger partial charge on any atom is 0.0167 e. The van der Waals surface area contributed by atoms with Crippen LogP contribution in [0.15, 0.2) is 0 Å². The first-order valence-electron chi connectivity index (χ1n) is 4.43. The third-order valence-corrected chi connectivity index (χ3v) is 1.99. The lowest BCUT2D eigenvalue weighted by molar-refractivity contribution is 0.214. The molecule has 0 aromatic rings. The van der Waals surface area contributed by atoms with Crippen LogP contribution >= 0.6 is 0 Å². The zero-order valence-electron chi connectivity index (χ0n) is 7.85. The van der Waals surface area contributed by atoms with Crippen LogP contribution in [-0.4, -0.2) is 37.1 Å². The van der Waals surface area contributed by atoms with E-state index in [4.69, 9.17) is 0 Å². The Hall–Kier alpha value is -0.0800. The first kappa shape index (κ1) is 9.01. The quantitative estimate of drug-likeness (QED) is 0.637. The Kier molecular flexibility index (Phi) is 3.34. The highest BCUT2D eigenvalue weighted by molar-refractivity contribution is 4.85. The molecule has 0 spiro atoms. The van der Waals surface area contributed by atoms with Crippen molar-refractivity contribution in [3.63, 3.8) is 0 Å². The van der Waals surface area contributed by atoms with E-state index >= 15 is 0 Å². The van der Waals surface area contributed by atoms with E-state index in [1.54, 1.807) is 0 Å². The van der Waals surface area contributed by atoms with Crippen molar-refractivity contribution >= 4 is 0 Å². The van der Waals surface area contributed by atoms with Gasteiger partial charge in [0.25, 0.3) is 0 Å². The van der Waals surface area contributed by atoms with Crippen LogP contribution in [0.4, 0.5) is 0 Å². The molecule has 1 fully saturated rings. The second-order valence-electron chi connectivity index (χ2n) is 3.80. The predicted molar refractivity (Wildman–Crippen MR) is 48.5 cm³/mol. The van der Waals surface area contributed by atoms with Crippen molar-refractivity contribution < 1.29 is 0 Å². The SMILES string of the molecule is C[C](C)CN1CCN[C@H](C)C1. The van der Waals surface area contributed by atoms with Gasteiger partial charge in [0, 0.05) is 32.2 Å². The lowest BCUT2D eigenvalue weighted by Gasteiger charge is -2.32. The molecule has 1 atom stereocenters. The highest BCUT2D eigenvalue weighted by atomic mass is 15.2.